The molecule has 3 rings (SSSR count). The van der Waals surface area contributed by atoms with Gasteiger partial charge in [0, 0.05) is 0 Å². The molecule has 0 bridgehead atoms. The van der Waals surface area contributed by atoms with Crippen LogP contribution in [0.1, 0.15) is 0 Å². The van der Waals surface area contributed by atoms with Gasteiger partial charge in [-0.1, -0.05) is 65.1 Å². The summed E-state index contributed by atoms with van der Waals surface area (Å²) in [6.45, 7) is 0. The van der Waals surface area contributed by atoms with Crippen LogP contribution in [0, 0.1) is 0 Å². The Kier molecular flexibility index (Phi) is 3.70. The molecule has 0 atom stereocenters. The molecule has 0 saturated carbocycles. The van der Waals surface area contributed by atoms with Crippen LogP contribution in [0.2, 0.25) is 15.2 Å². The van der Waals surface area contributed by atoms with Gasteiger partial charge < -0.3 is 4.74 Å². The smallest absolute Gasteiger partial charge is 0.239 e. The predicted octanol–water partition coefficient (Wildman–Crippen LogP) is 5.99. The van der Waals surface area contributed by atoms with Gasteiger partial charge in [0.25, 0.3) is 0 Å². The average Bonchev–Trinajstić information content (AvgIpc) is 2.44. The van der Waals surface area contributed by atoms with E-state index >= 15 is 0 Å². The van der Waals surface area contributed by atoms with Gasteiger partial charge in [-0.3, -0.25) is 0 Å². The number of rotatable bonds is 2. The molecule has 100 valence electrons. The summed E-state index contributed by atoms with van der Waals surface area (Å²) in [6.07, 6.45) is 0. The minimum absolute atomic E-state index is 0.159. The summed E-state index contributed by atoms with van der Waals surface area (Å²) in [4.78, 5) is 4.03. The Bertz CT molecular complexity index is 789. The molecule has 1 heterocycles. The molecule has 1 aromatic heterocycles. The first-order valence-corrected chi connectivity index (χ1v) is 6.95. The van der Waals surface area contributed by atoms with E-state index in [-0.39, 0.29) is 11.0 Å². The fourth-order valence-corrected chi connectivity index (χ4v) is 2.37. The lowest BCUT2D eigenvalue weighted by Crippen LogP contribution is -1.90. The first-order chi connectivity index (χ1) is 9.63. The summed E-state index contributed by atoms with van der Waals surface area (Å²) in [6, 6.07) is 15.2. The Morgan fingerprint density at radius 2 is 1.55 bits per heavy atom. The van der Waals surface area contributed by atoms with Gasteiger partial charge in [-0.05, 0) is 29.0 Å². The molecule has 0 unspecified atom stereocenters. The SMILES string of the molecule is Clc1cc(Cl)c(Oc2ccc3ccccc3c2)nc1Cl. The summed E-state index contributed by atoms with van der Waals surface area (Å²) in [7, 11) is 0. The number of benzene rings is 2. The van der Waals surface area contributed by atoms with E-state index < -0.39 is 0 Å². The van der Waals surface area contributed by atoms with Gasteiger partial charge in [-0.25, -0.2) is 0 Å². The highest BCUT2D eigenvalue weighted by molar-refractivity contribution is 6.42. The fourth-order valence-electron chi connectivity index (χ4n) is 1.84. The van der Waals surface area contributed by atoms with Crippen LogP contribution in [-0.2, 0) is 0 Å². The molecule has 0 aliphatic rings. The molecule has 0 radical (unpaired) electrons. The number of halogens is 3. The van der Waals surface area contributed by atoms with Gasteiger partial charge in [0.05, 0.1) is 5.02 Å². The maximum absolute atomic E-state index is 6.04. The first-order valence-electron chi connectivity index (χ1n) is 5.82. The lowest BCUT2D eigenvalue weighted by Gasteiger charge is -2.08. The Balaban J connectivity index is 1.99. The first kappa shape index (κ1) is 13.5. The van der Waals surface area contributed by atoms with Crippen LogP contribution in [0.3, 0.4) is 0 Å². The molecule has 0 amide bonds. The minimum Gasteiger partial charge on any atom is -0.437 e. The number of pyridine rings is 1. The number of nitrogens with zero attached hydrogens (tertiary/aromatic N) is 1. The van der Waals surface area contributed by atoms with Gasteiger partial charge in [0.2, 0.25) is 5.88 Å². The average molecular weight is 325 g/mol. The monoisotopic (exact) mass is 323 g/mol. The molecule has 20 heavy (non-hydrogen) atoms. The van der Waals surface area contributed by atoms with Crippen molar-refractivity contribution in [3.63, 3.8) is 0 Å². The van der Waals surface area contributed by atoms with Crippen molar-refractivity contribution in [2.24, 2.45) is 0 Å². The van der Waals surface area contributed by atoms with E-state index in [0.717, 1.165) is 10.8 Å². The van der Waals surface area contributed by atoms with Crippen LogP contribution in [0.4, 0.5) is 0 Å². The number of aromatic nitrogens is 1. The lowest BCUT2D eigenvalue weighted by atomic mass is 10.1. The molecule has 0 aliphatic heterocycles. The Labute approximate surface area is 130 Å². The van der Waals surface area contributed by atoms with Crippen LogP contribution >= 0.6 is 34.8 Å². The van der Waals surface area contributed by atoms with Crippen LogP contribution in [0.5, 0.6) is 11.6 Å². The van der Waals surface area contributed by atoms with Crippen LogP contribution in [-0.4, -0.2) is 4.98 Å². The van der Waals surface area contributed by atoms with Crippen molar-refractivity contribution in [2.45, 2.75) is 0 Å². The van der Waals surface area contributed by atoms with Crippen molar-refractivity contribution >= 4 is 45.6 Å². The van der Waals surface area contributed by atoms with Gasteiger partial charge >= 0.3 is 0 Å². The zero-order valence-electron chi connectivity index (χ0n) is 10.1. The Morgan fingerprint density at radius 3 is 2.35 bits per heavy atom. The van der Waals surface area contributed by atoms with Gasteiger partial charge in [-0.15, -0.1) is 0 Å². The summed E-state index contributed by atoms with van der Waals surface area (Å²) < 4.78 is 5.67. The van der Waals surface area contributed by atoms with Crippen LogP contribution in [0.25, 0.3) is 10.8 Å². The van der Waals surface area contributed by atoms with E-state index in [1.165, 1.54) is 6.07 Å². The van der Waals surface area contributed by atoms with Crippen molar-refractivity contribution in [3.05, 3.63) is 63.7 Å². The highest BCUT2D eigenvalue weighted by atomic mass is 35.5. The normalized spacial score (nSPS) is 10.8. The Hall–Kier alpha value is -1.48. The third-order valence-corrected chi connectivity index (χ3v) is 3.73. The second-order valence-electron chi connectivity index (χ2n) is 4.16. The van der Waals surface area contributed by atoms with E-state index in [1.54, 1.807) is 0 Å². The molecule has 0 saturated heterocycles. The zero-order chi connectivity index (χ0) is 14.1. The fraction of sp³-hybridized carbons (Fsp3) is 0. The van der Waals surface area contributed by atoms with Crippen molar-refractivity contribution < 1.29 is 4.74 Å². The van der Waals surface area contributed by atoms with Crippen molar-refractivity contribution in [3.8, 4) is 11.6 Å². The van der Waals surface area contributed by atoms with Crippen molar-refractivity contribution in [1.82, 2.24) is 4.98 Å². The van der Waals surface area contributed by atoms with E-state index in [4.69, 9.17) is 39.5 Å². The summed E-state index contributed by atoms with van der Waals surface area (Å²) in [5, 5.41) is 2.97. The number of ether oxygens (including phenoxy) is 1. The minimum atomic E-state index is 0.159. The van der Waals surface area contributed by atoms with Gasteiger partial charge in [-0.2, -0.15) is 4.98 Å². The maximum Gasteiger partial charge on any atom is 0.239 e. The Morgan fingerprint density at radius 1 is 0.800 bits per heavy atom. The standard InChI is InChI=1S/C15H8Cl3NO/c16-12-8-13(17)15(19-14(12)18)20-11-6-5-9-3-1-2-4-10(9)7-11/h1-8H. The summed E-state index contributed by atoms with van der Waals surface area (Å²) in [5.41, 5.74) is 0. The van der Waals surface area contributed by atoms with E-state index in [2.05, 4.69) is 4.98 Å². The molecule has 5 heteroatoms. The van der Waals surface area contributed by atoms with Crippen LogP contribution in [0.15, 0.2) is 48.5 Å². The van der Waals surface area contributed by atoms with E-state index in [0.29, 0.717) is 15.8 Å². The topological polar surface area (TPSA) is 22.1 Å². The molecule has 2 nitrogen and oxygen atoms in total. The summed E-state index contributed by atoms with van der Waals surface area (Å²) >= 11 is 17.7. The number of hydrogen-bond donors (Lipinski definition) is 0. The molecular formula is C15H8Cl3NO. The second-order valence-corrected chi connectivity index (χ2v) is 5.33. The largest absolute Gasteiger partial charge is 0.437 e. The van der Waals surface area contributed by atoms with Gasteiger partial charge in [0.15, 0.2) is 5.15 Å². The maximum atomic E-state index is 6.04. The highest BCUT2D eigenvalue weighted by Gasteiger charge is 2.10. The van der Waals surface area contributed by atoms with Crippen LogP contribution < -0.4 is 4.74 Å². The number of hydrogen-bond acceptors (Lipinski definition) is 2. The van der Waals surface area contributed by atoms with E-state index in [1.807, 2.05) is 42.5 Å². The molecule has 0 N–H and O–H groups in total. The molecular weight excluding hydrogens is 317 g/mol. The molecule has 0 aliphatic carbocycles. The molecule has 3 aromatic rings. The third kappa shape index (κ3) is 2.68. The molecule has 0 spiro atoms. The van der Waals surface area contributed by atoms with Gasteiger partial charge in [0.1, 0.15) is 10.8 Å². The lowest BCUT2D eigenvalue weighted by molar-refractivity contribution is 0.464. The summed E-state index contributed by atoms with van der Waals surface area (Å²) in [5.74, 6) is 0.868. The third-order valence-electron chi connectivity index (χ3n) is 2.79. The highest BCUT2D eigenvalue weighted by Crippen LogP contribution is 2.33. The predicted molar refractivity (Wildman–Crippen MR) is 83.3 cm³/mol. The van der Waals surface area contributed by atoms with Crippen molar-refractivity contribution in [2.75, 3.05) is 0 Å². The molecule has 2 aromatic carbocycles. The zero-order valence-corrected chi connectivity index (χ0v) is 12.4. The van der Waals surface area contributed by atoms with E-state index in [9.17, 15) is 0 Å². The molecule has 0 fully saturated rings. The quantitative estimate of drug-likeness (QED) is 0.540. The van der Waals surface area contributed by atoms with Crippen molar-refractivity contribution in [1.29, 1.82) is 0 Å². The second kappa shape index (κ2) is 5.49. The number of fused-ring (bicyclic) bond motifs is 1.